The van der Waals surface area contributed by atoms with Gasteiger partial charge in [-0.1, -0.05) is 43.2 Å². The molecule has 2 aromatic heterocycles. The SMILES string of the molecule is CC1(C)CCC(CN2CCN(c3ccc(C(=O)NS(=O)(=O)c4ccc(NCCN5CCS(=O)(=NC#N)CC5)c([N+](=O)[O-])c4)c(Oc4cnc5[nH]ccc5c4)c3)CC2)=C(c2ccc(Cl)cc2)C1. The number of fused-ring (bicyclic) bond motifs is 1. The maximum atomic E-state index is 14.0. The molecule has 0 saturated carbocycles. The largest absolute Gasteiger partial charge is 0.455 e. The summed E-state index contributed by atoms with van der Waals surface area (Å²) in [5, 5.41) is 25.5. The smallest absolute Gasteiger partial charge is 0.293 e. The van der Waals surface area contributed by atoms with E-state index in [-0.39, 0.29) is 40.5 Å². The third-order valence-electron chi connectivity index (χ3n) is 12.4. The Morgan fingerprint density at radius 2 is 1.79 bits per heavy atom. The molecule has 1 amide bonds. The van der Waals surface area contributed by atoms with Crippen LogP contribution in [0.25, 0.3) is 16.6 Å². The van der Waals surface area contributed by atoms with Gasteiger partial charge >= 0.3 is 0 Å². The molecule has 8 rings (SSSR count). The van der Waals surface area contributed by atoms with E-state index < -0.39 is 41.2 Å². The maximum absolute atomic E-state index is 14.0. The Balaban J connectivity index is 0.972. The number of hydrogen-bond acceptors (Lipinski definition) is 14. The van der Waals surface area contributed by atoms with Crippen molar-refractivity contribution < 1.29 is 27.1 Å². The number of nitrogens with one attached hydrogen (secondary N) is 3. The number of allylic oxidation sites excluding steroid dienone is 1. The summed E-state index contributed by atoms with van der Waals surface area (Å²) in [6, 6.07) is 20.1. The van der Waals surface area contributed by atoms with Gasteiger partial charge < -0.3 is 19.9 Å². The number of sulfonamides is 1. The van der Waals surface area contributed by atoms with Crippen molar-refractivity contribution in [1.29, 1.82) is 5.26 Å². The average molecular weight is 956 g/mol. The summed E-state index contributed by atoms with van der Waals surface area (Å²) in [7, 11) is -7.17. The van der Waals surface area contributed by atoms with Crippen molar-refractivity contribution in [2.24, 2.45) is 9.78 Å². The molecule has 0 bridgehead atoms. The van der Waals surface area contributed by atoms with E-state index in [9.17, 15) is 27.5 Å². The highest BCUT2D eigenvalue weighted by Crippen LogP contribution is 2.43. The number of nitro groups is 1. The van der Waals surface area contributed by atoms with Crippen LogP contribution in [0.1, 0.15) is 49.0 Å². The summed E-state index contributed by atoms with van der Waals surface area (Å²) in [4.78, 5) is 39.1. The van der Waals surface area contributed by atoms with E-state index >= 15 is 0 Å². The van der Waals surface area contributed by atoms with E-state index in [1.165, 1.54) is 41.1 Å². The van der Waals surface area contributed by atoms with Crippen molar-refractivity contribution in [3.05, 3.63) is 117 Å². The molecule has 4 heterocycles. The van der Waals surface area contributed by atoms with E-state index in [4.69, 9.17) is 21.6 Å². The molecule has 3 aliphatic rings. The number of rotatable bonds is 14. The van der Waals surface area contributed by atoms with Crippen LogP contribution in [0.5, 0.6) is 11.5 Å². The first-order chi connectivity index (χ1) is 31.6. The van der Waals surface area contributed by atoms with Crippen LogP contribution in [0.4, 0.5) is 17.1 Å². The Labute approximate surface area is 389 Å². The van der Waals surface area contributed by atoms with Gasteiger partial charge in [-0.25, -0.2) is 22.3 Å². The van der Waals surface area contributed by atoms with Crippen molar-refractivity contribution in [3.8, 4) is 17.7 Å². The standard InChI is InChI=1S/C46H51ClN10O7S2/c1-46(2)13-11-34(40(28-46)32-3-5-35(47)6-4-32)30-55-17-19-56(20-18-55)36-7-9-39(43(26-36)64-37-25-33-12-14-50-44(33)51-29-37)45(58)53-66(62,63)38-8-10-41(42(27-38)57(59)60)49-15-16-54-21-23-65(61,24-22-54)52-31-48/h3-10,12,14,25-27,29,49H,11,13,15-24,28,30H2,1-2H3,(H,50,51)(H,53,58). The van der Waals surface area contributed by atoms with Gasteiger partial charge in [0.2, 0.25) is 6.19 Å². The molecule has 0 unspecified atom stereocenters. The number of ether oxygens (including phenoxy) is 1. The number of nitro benzene ring substituents is 1. The first-order valence-electron chi connectivity index (χ1n) is 21.7. The lowest BCUT2D eigenvalue weighted by atomic mass is 9.72. The van der Waals surface area contributed by atoms with Gasteiger partial charge in [-0.3, -0.25) is 24.7 Å². The quantitative estimate of drug-likeness (QED) is 0.0559. The minimum Gasteiger partial charge on any atom is -0.455 e. The fourth-order valence-electron chi connectivity index (χ4n) is 8.69. The molecule has 66 heavy (non-hydrogen) atoms. The summed E-state index contributed by atoms with van der Waals surface area (Å²) in [5.74, 6) is -0.0612. The van der Waals surface area contributed by atoms with Gasteiger partial charge in [0.25, 0.3) is 21.6 Å². The van der Waals surface area contributed by atoms with Crippen LogP contribution in [-0.4, -0.2) is 114 Å². The number of nitriles is 1. The number of aromatic nitrogens is 2. The van der Waals surface area contributed by atoms with Crippen molar-refractivity contribution in [2.45, 2.75) is 38.0 Å². The molecule has 2 fully saturated rings. The van der Waals surface area contributed by atoms with Crippen LogP contribution in [0.3, 0.4) is 0 Å². The van der Waals surface area contributed by atoms with Crippen LogP contribution in [0.2, 0.25) is 5.02 Å². The topological polar surface area (TPSA) is 219 Å². The number of H-pyrrole nitrogens is 1. The van der Waals surface area contributed by atoms with Gasteiger partial charge in [-0.05, 0) is 84.3 Å². The molecular formula is C46H51ClN10O7S2. The molecule has 0 radical (unpaired) electrons. The van der Waals surface area contributed by atoms with E-state index in [2.05, 4.69) is 60.1 Å². The Kier molecular flexibility index (Phi) is 13.7. The Morgan fingerprint density at radius 3 is 2.52 bits per heavy atom. The summed E-state index contributed by atoms with van der Waals surface area (Å²) in [5.41, 5.74) is 5.23. The molecule has 17 nitrogen and oxygen atoms in total. The Morgan fingerprint density at radius 1 is 1.03 bits per heavy atom. The zero-order valence-electron chi connectivity index (χ0n) is 36.7. The maximum Gasteiger partial charge on any atom is 0.293 e. The normalized spacial score (nSPS) is 17.8. The average Bonchev–Trinajstić information content (AvgIpc) is 3.76. The third-order valence-corrected chi connectivity index (χ3v) is 16.1. The number of aromatic amines is 1. The minimum atomic E-state index is -4.62. The van der Waals surface area contributed by atoms with Crippen LogP contribution in [0, 0.1) is 27.0 Å². The molecule has 2 saturated heterocycles. The van der Waals surface area contributed by atoms with E-state index in [0.29, 0.717) is 44.1 Å². The summed E-state index contributed by atoms with van der Waals surface area (Å²) in [6.07, 6.45) is 8.04. The molecule has 20 heteroatoms. The van der Waals surface area contributed by atoms with Gasteiger partial charge in [-0.2, -0.15) is 5.26 Å². The second kappa shape index (κ2) is 19.4. The lowest BCUT2D eigenvalue weighted by molar-refractivity contribution is -0.384. The predicted molar refractivity (Wildman–Crippen MR) is 256 cm³/mol. The molecule has 2 aliphatic heterocycles. The van der Waals surface area contributed by atoms with Crippen LogP contribution in [0.15, 0.2) is 100 Å². The molecule has 5 aromatic rings. The van der Waals surface area contributed by atoms with Crippen LogP contribution < -0.4 is 19.7 Å². The van der Waals surface area contributed by atoms with Crippen LogP contribution in [-0.2, 0) is 19.8 Å². The lowest BCUT2D eigenvalue weighted by Crippen LogP contribution is -2.47. The van der Waals surface area contributed by atoms with Crippen LogP contribution >= 0.6 is 11.6 Å². The van der Waals surface area contributed by atoms with Gasteiger partial charge in [0, 0.05) is 105 Å². The zero-order chi connectivity index (χ0) is 46.6. The molecular weight excluding hydrogens is 904 g/mol. The molecule has 0 spiro atoms. The highest BCUT2D eigenvalue weighted by molar-refractivity contribution is 7.93. The number of carbonyl (C=O) groups is 1. The van der Waals surface area contributed by atoms with Crippen molar-refractivity contribution >= 4 is 70.9 Å². The van der Waals surface area contributed by atoms with Crippen molar-refractivity contribution in [1.82, 2.24) is 24.5 Å². The summed E-state index contributed by atoms with van der Waals surface area (Å²) < 4.78 is 52.0. The summed E-state index contributed by atoms with van der Waals surface area (Å²) >= 11 is 6.24. The number of benzene rings is 3. The monoisotopic (exact) mass is 954 g/mol. The predicted octanol–water partition coefficient (Wildman–Crippen LogP) is 7.50. The second-order valence-corrected chi connectivity index (χ2v) is 22.2. The molecule has 0 atom stereocenters. The van der Waals surface area contributed by atoms with Gasteiger partial charge in [0.1, 0.15) is 22.8 Å². The third kappa shape index (κ3) is 11.0. The highest BCUT2D eigenvalue weighted by Gasteiger charge is 2.31. The van der Waals surface area contributed by atoms with Crippen molar-refractivity contribution in [3.63, 3.8) is 0 Å². The Hall–Kier alpha value is -6.04. The fourth-order valence-corrected chi connectivity index (χ4v) is 11.4. The van der Waals surface area contributed by atoms with Gasteiger partial charge in [0.15, 0.2) is 0 Å². The first kappa shape index (κ1) is 46.5. The zero-order valence-corrected chi connectivity index (χ0v) is 39.1. The number of hydrogen-bond donors (Lipinski definition) is 3. The number of amides is 1. The number of piperazine rings is 1. The lowest BCUT2D eigenvalue weighted by Gasteiger charge is -2.39. The fraction of sp³-hybridized carbons (Fsp3) is 0.370. The minimum absolute atomic E-state index is 0.0698. The molecule has 3 N–H and O–H groups in total. The van der Waals surface area contributed by atoms with Gasteiger partial charge in [0.05, 0.1) is 31.3 Å². The number of pyridine rings is 1. The molecule has 3 aromatic carbocycles. The molecule has 1 aliphatic carbocycles. The molecule has 346 valence electrons. The Bertz CT molecular complexity index is 2960. The number of carbonyl (C=O) groups excluding carboxylic acids is 1. The first-order valence-corrected chi connectivity index (χ1v) is 25.4. The number of anilines is 2. The number of halogens is 1. The van der Waals surface area contributed by atoms with E-state index in [1.807, 2.05) is 23.1 Å². The van der Waals surface area contributed by atoms with E-state index in [0.717, 1.165) is 61.1 Å². The summed E-state index contributed by atoms with van der Waals surface area (Å²) in [6.45, 7) is 10.1. The number of nitrogens with zero attached hydrogens (tertiary/aromatic N) is 7. The second-order valence-electron chi connectivity index (χ2n) is 17.6. The van der Waals surface area contributed by atoms with Gasteiger partial charge in [-0.15, -0.1) is 4.36 Å². The van der Waals surface area contributed by atoms with E-state index in [1.54, 1.807) is 30.6 Å². The van der Waals surface area contributed by atoms with Crippen molar-refractivity contribution in [2.75, 3.05) is 80.6 Å². The highest BCUT2D eigenvalue weighted by atomic mass is 35.5.